The molecule has 0 saturated heterocycles. The van der Waals surface area contributed by atoms with Crippen LogP contribution >= 0.6 is 12.2 Å². The number of nitrogens with zero attached hydrogens (tertiary/aromatic N) is 1. The van der Waals surface area contributed by atoms with Crippen LogP contribution in [0.1, 0.15) is 19.3 Å². The molecule has 13 heavy (non-hydrogen) atoms. The molecule has 0 aromatic carbocycles. The first-order chi connectivity index (χ1) is 6.40. The van der Waals surface area contributed by atoms with E-state index in [9.17, 15) is 0 Å². The van der Waals surface area contributed by atoms with Gasteiger partial charge in [0.2, 0.25) is 0 Å². The van der Waals surface area contributed by atoms with E-state index in [2.05, 4.69) is 22.3 Å². The van der Waals surface area contributed by atoms with Crippen LogP contribution in [0.25, 0.3) is 0 Å². The van der Waals surface area contributed by atoms with Gasteiger partial charge in [-0.25, -0.2) is 4.99 Å². The summed E-state index contributed by atoms with van der Waals surface area (Å²) >= 11 is 4.69. The number of hydrogen-bond donors (Lipinski definition) is 0. The molecule has 2 heteroatoms. The maximum atomic E-state index is 4.69. The second kappa shape index (κ2) is 2.76. The molecule has 1 nitrogen and oxygen atoms in total. The highest BCUT2D eigenvalue weighted by Crippen LogP contribution is 2.57. The molecule has 3 aliphatic rings. The first-order valence-electron chi connectivity index (χ1n) is 5.14. The molecule has 68 valence electrons. The summed E-state index contributed by atoms with van der Waals surface area (Å²) in [6.45, 7) is 0. The number of aliphatic imine (C=N–C) groups is 1. The minimum absolute atomic E-state index is 0.517. The van der Waals surface area contributed by atoms with Gasteiger partial charge in [-0.3, -0.25) is 0 Å². The monoisotopic (exact) mass is 191 g/mol. The Morgan fingerprint density at radius 1 is 1.31 bits per heavy atom. The van der Waals surface area contributed by atoms with Crippen LogP contribution in [0.2, 0.25) is 0 Å². The molecule has 0 spiro atoms. The van der Waals surface area contributed by atoms with Crippen molar-refractivity contribution in [2.45, 2.75) is 25.3 Å². The van der Waals surface area contributed by atoms with E-state index in [1.54, 1.807) is 0 Å². The SMILES string of the molecule is S=C=N[C@@H]1C[C@@H]2C[C@H]1[C@H]1CC=C[C@@H]21. The molecular formula is C11H13NS. The molecule has 0 N–H and O–H groups in total. The van der Waals surface area contributed by atoms with Crippen LogP contribution in [0.5, 0.6) is 0 Å². The number of thiocarbonyl (C=S) groups is 1. The molecule has 0 radical (unpaired) electrons. The van der Waals surface area contributed by atoms with E-state index in [1.165, 1.54) is 19.3 Å². The van der Waals surface area contributed by atoms with Gasteiger partial charge in [-0.2, -0.15) is 0 Å². The third-order valence-corrected chi connectivity index (χ3v) is 4.29. The van der Waals surface area contributed by atoms with E-state index in [1.807, 2.05) is 0 Å². The van der Waals surface area contributed by atoms with Crippen molar-refractivity contribution >= 4 is 17.4 Å². The third-order valence-electron chi connectivity index (χ3n) is 4.19. The molecule has 2 saturated carbocycles. The highest BCUT2D eigenvalue weighted by atomic mass is 32.1. The smallest absolute Gasteiger partial charge is 0.0636 e. The molecule has 2 fully saturated rings. The zero-order chi connectivity index (χ0) is 8.84. The van der Waals surface area contributed by atoms with Crippen molar-refractivity contribution < 1.29 is 0 Å². The fourth-order valence-electron chi connectivity index (χ4n) is 3.74. The van der Waals surface area contributed by atoms with Crippen molar-refractivity contribution in [2.75, 3.05) is 0 Å². The highest BCUT2D eigenvalue weighted by molar-refractivity contribution is 7.78. The van der Waals surface area contributed by atoms with Crippen molar-refractivity contribution in [2.24, 2.45) is 28.7 Å². The average Bonchev–Trinajstić information content (AvgIpc) is 2.72. The van der Waals surface area contributed by atoms with E-state index in [4.69, 9.17) is 12.2 Å². The van der Waals surface area contributed by atoms with Crippen LogP contribution < -0.4 is 0 Å². The van der Waals surface area contributed by atoms with Crippen LogP contribution in [0.4, 0.5) is 0 Å². The first kappa shape index (κ1) is 7.90. The van der Waals surface area contributed by atoms with Gasteiger partial charge < -0.3 is 0 Å². The van der Waals surface area contributed by atoms with Gasteiger partial charge in [0.25, 0.3) is 0 Å². The molecule has 0 aliphatic heterocycles. The van der Waals surface area contributed by atoms with Crippen molar-refractivity contribution in [1.29, 1.82) is 0 Å². The van der Waals surface area contributed by atoms with E-state index in [0.717, 1.165) is 23.7 Å². The number of isothiocyanates is 1. The van der Waals surface area contributed by atoms with E-state index < -0.39 is 0 Å². The van der Waals surface area contributed by atoms with Gasteiger partial charge in [0, 0.05) is 0 Å². The summed E-state index contributed by atoms with van der Waals surface area (Å²) in [6, 6.07) is 0.517. The Kier molecular flexibility index (Phi) is 1.68. The fraction of sp³-hybridized carbons (Fsp3) is 0.727. The normalized spacial score (nSPS) is 50.6. The lowest BCUT2D eigenvalue weighted by atomic mass is 9.79. The number of rotatable bonds is 1. The van der Waals surface area contributed by atoms with Crippen LogP contribution in [-0.2, 0) is 0 Å². The number of hydrogen-bond acceptors (Lipinski definition) is 2. The Morgan fingerprint density at radius 2 is 2.23 bits per heavy atom. The predicted molar refractivity (Wildman–Crippen MR) is 55.8 cm³/mol. The van der Waals surface area contributed by atoms with Crippen LogP contribution in [-0.4, -0.2) is 11.2 Å². The predicted octanol–water partition coefficient (Wildman–Crippen LogP) is 2.69. The van der Waals surface area contributed by atoms with Crippen LogP contribution in [0.3, 0.4) is 0 Å². The van der Waals surface area contributed by atoms with Gasteiger partial charge in [-0.05, 0) is 55.2 Å². The molecule has 0 aromatic rings. The van der Waals surface area contributed by atoms with E-state index in [0.29, 0.717) is 6.04 Å². The van der Waals surface area contributed by atoms with Gasteiger partial charge in [-0.1, -0.05) is 12.2 Å². The summed E-state index contributed by atoms with van der Waals surface area (Å²) in [5.74, 6) is 3.52. The zero-order valence-corrected chi connectivity index (χ0v) is 8.33. The zero-order valence-electron chi connectivity index (χ0n) is 7.52. The lowest BCUT2D eigenvalue weighted by molar-refractivity contribution is 0.257. The Bertz CT molecular complexity index is 303. The standard InChI is InChI=1S/C11H13NS/c13-6-12-11-5-7-4-10(11)9-3-1-2-8(7)9/h1-2,7-11H,3-5H2/t7-,8-,9-,10-,11+/m0/s1. The second-order valence-corrected chi connectivity index (χ2v) is 4.77. The van der Waals surface area contributed by atoms with Gasteiger partial charge >= 0.3 is 0 Å². The number of allylic oxidation sites excluding steroid dienone is 2. The van der Waals surface area contributed by atoms with E-state index in [-0.39, 0.29) is 0 Å². The summed E-state index contributed by atoms with van der Waals surface area (Å²) < 4.78 is 0. The molecule has 0 aromatic heterocycles. The highest BCUT2D eigenvalue weighted by Gasteiger charge is 2.52. The van der Waals surface area contributed by atoms with Crippen LogP contribution in [0, 0.1) is 23.7 Å². The lowest BCUT2D eigenvalue weighted by Crippen LogP contribution is -2.26. The molecule has 5 atom stereocenters. The maximum absolute atomic E-state index is 4.69. The average molecular weight is 191 g/mol. The summed E-state index contributed by atoms with van der Waals surface area (Å²) in [4.78, 5) is 4.30. The summed E-state index contributed by atoms with van der Waals surface area (Å²) in [5.41, 5.74) is 0. The topological polar surface area (TPSA) is 12.4 Å². The molecular weight excluding hydrogens is 178 g/mol. The van der Waals surface area contributed by atoms with Crippen molar-refractivity contribution in [3.05, 3.63) is 12.2 Å². The fourth-order valence-corrected chi connectivity index (χ4v) is 3.87. The molecule has 3 aliphatic carbocycles. The maximum Gasteiger partial charge on any atom is 0.0636 e. The third kappa shape index (κ3) is 0.992. The van der Waals surface area contributed by atoms with Crippen molar-refractivity contribution in [3.8, 4) is 0 Å². The number of fused-ring (bicyclic) bond motifs is 5. The van der Waals surface area contributed by atoms with Crippen molar-refractivity contribution in [3.63, 3.8) is 0 Å². The summed E-state index contributed by atoms with van der Waals surface area (Å²) in [7, 11) is 0. The van der Waals surface area contributed by atoms with Crippen LogP contribution in [0.15, 0.2) is 17.1 Å². The Hall–Kier alpha value is -0.460. The van der Waals surface area contributed by atoms with Crippen molar-refractivity contribution in [1.82, 2.24) is 0 Å². The lowest BCUT2D eigenvalue weighted by Gasteiger charge is -2.28. The Balaban J connectivity index is 1.87. The Morgan fingerprint density at radius 3 is 3.08 bits per heavy atom. The first-order valence-corrected chi connectivity index (χ1v) is 5.54. The minimum atomic E-state index is 0.517. The van der Waals surface area contributed by atoms with E-state index >= 15 is 0 Å². The second-order valence-electron chi connectivity index (χ2n) is 4.59. The summed E-state index contributed by atoms with van der Waals surface area (Å²) in [6.07, 6.45) is 8.74. The Labute approximate surface area is 83.9 Å². The van der Waals surface area contributed by atoms with Gasteiger partial charge in [0.05, 0.1) is 11.2 Å². The largest absolute Gasteiger partial charge is 0.229 e. The molecule has 3 rings (SSSR count). The quantitative estimate of drug-likeness (QED) is 0.352. The molecule has 0 unspecified atom stereocenters. The molecule has 0 amide bonds. The van der Waals surface area contributed by atoms with Gasteiger partial charge in [0.1, 0.15) is 0 Å². The molecule has 2 bridgehead atoms. The van der Waals surface area contributed by atoms with Gasteiger partial charge in [-0.15, -0.1) is 0 Å². The molecule has 0 heterocycles. The summed E-state index contributed by atoms with van der Waals surface area (Å²) in [5, 5.41) is 2.56. The van der Waals surface area contributed by atoms with Gasteiger partial charge in [0.15, 0.2) is 0 Å². The minimum Gasteiger partial charge on any atom is -0.229 e.